The van der Waals surface area contributed by atoms with Gasteiger partial charge in [0.25, 0.3) is 5.91 Å². The Labute approximate surface area is 163 Å². The van der Waals surface area contributed by atoms with E-state index in [0.717, 1.165) is 36.2 Å². The van der Waals surface area contributed by atoms with Gasteiger partial charge in [-0.2, -0.15) is 5.10 Å². The number of rotatable bonds is 4. The number of carbonyl (C=O) groups excluding carboxylic acids is 1. The highest BCUT2D eigenvalue weighted by atomic mass is 16.5. The van der Waals surface area contributed by atoms with Crippen molar-refractivity contribution in [3.63, 3.8) is 0 Å². The minimum atomic E-state index is -0.118. The van der Waals surface area contributed by atoms with E-state index in [1.54, 1.807) is 11.8 Å². The van der Waals surface area contributed by atoms with E-state index in [1.807, 2.05) is 55.4 Å². The molecule has 0 N–H and O–H groups in total. The predicted molar refractivity (Wildman–Crippen MR) is 104 cm³/mol. The van der Waals surface area contributed by atoms with Crippen LogP contribution in [0, 0.1) is 6.92 Å². The van der Waals surface area contributed by atoms with Crippen LogP contribution in [-0.2, 0) is 7.05 Å². The largest absolute Gasteiger partial charge is 0.496 e. The number of benzene rings is 1. The zero-order valence-corrected chi connectivity index (χ0v) is 16.4. The second-order valence-electron chi connectivity index (χ2n) is 7.14. The summed E-state index contributed by atoms with van der Waals surface area (Å²) in [6.45, 7) is 2.58. The Morgan fingerprint density at radius 1 is 1.29 bits per heavy atom. The summed E-state index contributed by atoms with van der Waals surface area (Å²) in [6, 6.07) is 9.13. The third-order valence-electron chi connectivity index (χ3n) is 5.17. The molecule has 1 atom stereocenters. The van der Waals surface area contributed by atoms with Gasteiger partial charge in [0.2, 0.25) is 0 Å². The Balaban J connectivity index is 1.73. The molecule has 1 aliphatic rings. The van der Waals surface area contributed by atoms with Crippen molar-refractivity contribution in [1.82, 2.24) is 19.8 Å². The number of hydrogen-bond acceptors (Lipinski definition) is 5. The molecule has 0 radical (unpaired) electrons. The Morgan fingerprint density at radius 2 is 2.11 bits per heavy atom. The van der Waals surface area contributed by atoms with Crippen LogP contribution in [0.15, 0.2) is 41.1 Å². The highest BCUT2D eigenvalue weighted by Gasteiger charge is 2.34. The Kier molecular flexibility index (Phi) is 4.90. The van der Waals surface area contributed by atoms with Crippen LogP contribution in [0.5, 0.6) is 5.75 Å². The normalized spacial score (nSPS) is 17.0. The van der Waals surface area contributed by atoms with Crippen LogP contribution < -0.4 is 4.74 Å². The molecule has 7 nitrogen and oxygen atoms in total. The zero-order valence-electron chi connectivity index (χ0n) is 16.4. The maximum absolute atomic E-state index is 13.4. The number of ether oxygens (including phenoxy) is 1. The molecule has 1 amide bonds. The third kappa shape index (κ3) is 3.28. The monoisotopic (exact) mass is 380 g/mol. The van der Waals surface area contributed by atoms with Crippen LogP contribution in [0.25, 0.3) is 11.3 Å². The lowest BCUT2D eigenvalue weighted by atomic mass is 9.95. The van der Waals surface area contributed by atoms with Gasteiger partial charge in [0.05, 0.1) is 35.7 Å². The Hall–Kier alpha value is -3.09. The number of carbonyl (C=O) groups is 1. The van der Waals surface area contributed by atoms with Crippen molar-refractivity contribution in [3.8, 4) is 17.1 Å². The second kappa shape index (κ2) is 7.50. The molecule has 0 spiro atoms. The average Bonchev–Trinajstić information content (AvgIpc) is 3.32. The van der Waals surface area contributed by atoms with E-state index in [1.165, 1.54) is 0 Å². The summed E-state index contributed by atoms with van der Waals surface area (Å²) in [5, 5.41) is 8.70. The van der Waals surface area contributed by atoms with E-state index >= 15 is 0 Å². The van der Waals surface area contributed by atoms with Crippen molar-refractivity contribution >= 4 is 5.91 Å². The summed E-state index contributed by atoms with van der Waals surface area (Å²) in [4.78, 5) is 15.3. The van der Waals surface area contributed by atoms with E-state index in [2.05, 4.69) is 5.16 Å². The fraction of sp³-hybridized carbons (Fsp3) is 0.381. The van der Waals surface area contributed by atoms with Crippen LogP contribution in [0.4, 0.5) is 0 Å². The fourth-order valence-electron chi connectivity index (χ4n) is 3.87. The van der Waals surface area contributed by atoms with Crippen molar-refractivity contribution < 1.29 is 14.1 Å². The van der Waals surface area contributed by atoms with Crippen LogP contribution in [0.1, 0.15) is 47.1 Å². The highest BCUT2D eigenvalue weighted by molar-refractivity contribution is 5.97. The Bertz CT molecular complexity index is 991. The molecule has 1 unspecified atom stereocenters. The second-order valence-corrected chi connectivity index (χ2v) is 7.14. The number of methoxy groups -OCH3 is 1. The first kappa shape index (κ1) is 18.3. The lowest BCUT2D eigenvalue weighted by Gasteiger charge is -2.35. The molecule has 7 heteroatoms. The molecule has 0 aliphatic carbocycles. The van der Waals surface area contributed by atoms with Crippen LogP contribution in [0.3, 0.4) is 0 Å². The number of aryl methyl sites for hydroxylation is 2. The van der Waals surface area contributed by atoms with Gasteiger partial charge in [0.1, 0.15) is 5.75 Å². The molecule has 0 bridgehead atoms. The minimum absolute atomic E-state index is 0.0347. The molecule has 1 fully saturated rings. The maximum Gasteiger partial charge on any atom is 0.258 e. The number of piperidine rings is 1. The van der Waals surface area contributed by atoms with Crippen molar-refractivity contribution in [1.29, 1.82) is 0 Å². The molecule has 1 aromatic carbocycles. The van der Waals surface area contributed by atoms with Crippen molar-refractivity contribution in [2.24, 2.45) is 7.05 Å². The van der Waals surface area contributed by atoms with Gasteiger partial charge in [0.15, 0.2) is 5.76 Å². The van der Waals surface area contributed by atoms with E-state index in [0.29, 0.717) is 23.6 Å². The van der Waals surface area contributed by atoms with E-state index < -0.39 is 0 Å². The summed E-state index contributed by atoms with van der Waals surface area (Å²) < 4.78 is 12.7. The first-order chi connectivity index (χ1) is 13.6. The van der Waals surface area contributed by atoms with Crippen molar-refractivity contribution in [2.45, 2.75) is 32.2 Å². The molecule has 28 heavy (non-hydrogen) atoms. The smallest absolute Gasteiger partial charge is 0.258 e. The maximum atomic E-state index is 13.4. The van der Waals surface area contributed by atoms with E-state index in [-0.39, 0.29) is 11.9 Å². The van der Waals surface area contributed by atoms with Gasteiger partial charge in [-0.3, -0.25) is 9.48 Å². The van der Waals surface area contributed by atoms with Gasteiger partial charge in [0, 0.05) is 25.9 Å². The van der Waals surface area contributed by atoms with Gasteiger partial charge in [-0.1, -0.05) is 17.3 Å². The predicted octanol–water partition coefficient (Wildman–Crippen LogP) is 3.76. The molecule has 1 saturated heterocycles. The Morgan fingerprint density at radius 3 is 2.86 bits per heavy atom. The summed E-state index contributed by atoms with van der Waals surface area (Å²) in [7, 11) is 3.47. The molecular formula is C21H24N4O3. The summed E-state index contributed by atoms with van der Waals surface area (Å²) in [5.74, 6) is 1.23. The lowest BCUT2D eigenvalue weighted by molar-refractivity contribution is 0.0602. The first-order valence-electron chi connectivity index (χ1n) is 9.49. The van der Waals surface area contributed by atoms with Gasteiger partial charge in [-0.15, -0.1) is 0 Å². The summed E-state index contributed by atoms with van der Waals surface area (Å²) in [6.07, 6.45) is 4.81. The van der Waals surface area contributed by atoms with E-state index in [4.69, 9.17) is 14.4 Å². The molecule has 2 aromatic heterocycles. The lowest BCUT2D eigenvalue weighted by Crippen LogP contribution is -2.39. The average molecular weight is 380 g/mol. The highest BCUT2D eigenvalue weighted by Crippen LogP contribution is 2.37. The number of aromatic nitrogens is 3. The van der Waals surface area contributed by atoms with Crippen LogP contribution in [0.2, 0.25) is 0 Å². The minimum Gasteiger partial charge on any atom is -0.496 e. The molecule has 3 aromatic rings. The molecule has 4 rings (SSSR count). The summed E-state index contributed by atoms with van der Waals surface area (Å²) >= 11 is 0. The van der Waals surface area contributed by atoms with Crippen LogP contribution in [-0.4, -0.2) is 39.4 Å². The first-order valence-corrected chi connectivity index (χ1v) is 9.49. The number of para-hydroxylation sites is 1. The number of nitrogens with zero attached hydrogens (tertiary/aromatic N) is 4. The number of hydrogen-bond donors (Lipinski definition) is 0. The third-order valence-corrected chi connectivity index (χ3v) is 5.17. The number of amides is 1. The topological polar surface area (TPSA) is 73.4 Å². The van der Waals surface area contributed by atoms with Gasteiger partial charge < -0.3 is 14.2 Å². The molecular weight excluding hydrogens is 356 g/mol. The SMILES string of the molecule is COc1ccccc1C(=O)N1CCCCC1c1nn(C)cc1-c1cc(C)no1. The molecule has 146 valence electrons. The standard InChI is InChI=1S/C21H24N4O3/c1-14-12-19(28-23-14)16-13-24(2)22-20(16)17-9-6-7-11-25(17)21(26)15-8-4-5-10-18(15)27-3/h4-5,8,10,12-13,17H,6-7,9,11H2,1-3H3. The molecule has 3 heterocycles. The van der Waals surface area contributed by atoms with Crippen molar-refractivity contribution in [3.05, 3.63) is 53.5 Å². The van der Waals surface area contributed by atoms with Gasteiger partial charge >= 0.3 is 0 Å². The van der Waals surface area contributed by atoms with Crippen LogP contribution >= 0.6 is 0 Å². The van der Waals surface area contributed by atoms with Gasteiger partial charge in [-0.05, 0) is 38.3 Å². The molecule has 0 saturated carbocycles. The molecule has 1 aliphatic heterocycles. The van der Waals surface area contributed by atoms with Gasteiger partial charge in [-0.25, -0.2) is 0 Å². The zero-order chi connectivity index (χ0) is 19.7. The quantitative estimate of drug-likeness (QED) is 0.689. The summed E-state index contributed by atoms with van der Waals surface area (Å²) in [5.41, 5.74) is 3.12. The van der Waals surface area contributed by atoms with E-state index in [9.17, 15) is 4.79 Å². The van der Waals surface area contributed by atoms with Crippen molar-refractivity contribution in [2.75, 3.05) is 13.7 Å². The fourth-order valence-corrected chi connectivity index (χ4v) is 3.87. The number of likely N-dealkylation sites (tertiary alicyclic amines) is 1.